The number of aromatic nitrogens is 2. The molecular weight excluding hydrogens is 264 g/mol. The normalized spacial score (nSPS) is 10.4. The van der Waals surface area contributed by atoms with Crippen LogP contribution in [0.5, 0.6) is 5.88 Å². The lowest BCUT2D eigenvalue weighted by molar-refractivity contribution is 0.344. The average molecular weight is 284 g/mol. The van der Waals surface area contributed by atoms with E-state index in [9.17, 15) is 0 Å². The molecule has 0 aliphatic rings. The number of hydrogen-bond donors (Lipinski definition) is 1. The summed E-state index contributed by atoms with van der Waals surface area (Å²) in [7, 11) is 1.65. The van der Waals surface area contributed by atoms with Gasteiger partial charge in [0.05, 0.1) is 24.9 Å². The Hall–Kier alpha value is -2.48. The number of hydrogen-bond acceptors (Lipinski definition) is 4. The van der Waals surface area contributed by atoms with Crippen LogP contribution in [0.1, 0.15) is 25.0 Å². The smallest absolute Gasteiger partial charge is 0.235 e. The summed E-state index contributed by atoms with van der Waals surface area (Å²) in [4.78, 5) is 0. The third kappa shape index (κ3) is 3.76. The van der Waals surface area contributed by atoms with Crippen molar-refractivity contribution in [1.82, 2.24) is 9.78 Å². The predicted octanol–water partition coefficient (Wildman–Crippen LogP) is 3.03. The molecule has 0 aliphatic heterocycles. The number of ether oxygens (including phenoxy) is 1. The lowest BCUT2D eigenvalue weighted by Gasteiger charge is -2.11. The molecule has 0 bridgehead atoms. The van der Waals surface area contributed by atoms with Gasteiger partial charge in [-0.05, 0) is 23.6 Å². The van der Waals surface area contributed by atoms with Crippen LogP contribution >= 0.6 is 0 Å². The van der Waals surface area contributed by atoms with Gasteiger partial charge in [-0.2, -0.15) is 10.4 Å². The largest absolute Gasteiger partial charge is 0.480 e. The first-order valence-corrected chi connectivity index (χ1v) is 6.96. The zero-order chi connectivity index (χ0) is 15.2. The summed E-state index contributed by atoms with van der Waals surface area (Å²) in [6.07, 6.45) is 1.77. The number of anilines is 1. The Morgan fingerprint density at radius 2 is 2.24 bits per heavy atom. The second-order valence-corrected chi connectivity index (χ2v) is 5.31. The van der Waals surface area contributed by atoms with E-state index in [1.807, 2.05) is 22.9 Å². The minimum Gasteiger partial charge on any atom is -0.480 e. The van der Waals surface area contributed by atoms with Gasteiger partial charge in [0.25, 0.3) is 0 Å². The zero-order valence-electron chi connectivity index (χ0n) is 12.6. The fraction of sp³-hybridized carbons (Fsp3) is 0.375. The van der Waals surface area contributed by atoms with Gasteiger partial charge in [0.2, 0.25) is 5.88 Å². The Labute approximate surface area is 125 Å². The van der Waals surface area contributed by atoms with Crippen molar-refractivity contribution in [2.45, 2.75) is 26.9 Å². The summed E-state index contributed by atoms with van der Waals surface area (Å²) in [5, 5.41) is 16.6. The van der Waals surface area contributed by atoms with Crippen molar-refractivity contribution in [2.24, 2.45) is 5.92 Å². The van der Waals surface area contributed by atoms with Crippen LogP contribution in [0.3, 0.4) is 0 Å². The van der Waals surface area contributed by atoms with Crippen molar-refractivity contribution >= 4 is 5.69 Å². The first-order chi connectivity index (χ1) is 10.1. The van der Waals surface area contributed by atoms with Crippen molar-refractivity contribution in [1.29, 1.82) is 5.26 Å². The van der Waals surface area contributed by atoms with Gasteiger partial charge < -0.3 is 10.1 Å². The quantitative estimate of drug-likeness (QED) is 0.885. The van der Waals surface area contributed by atoms with Crippen LogP contribution in [0, 0.1) is 17.2 Å². The van der Waals surface area contributed by atoms with Crippen molar-refractivity contribution in [3.8, 4) is 11.9 Å². The van der Waals surface area contributed by atoms with Gasteiger partial charge in [0.1, 0.15) is 5.69 Å². The molecule has 0 unspecified atom stereocenters. The molecule has 2 aromatic rings. The SMILES string of the molecule is COc1c(NCc2cccc(C#N)c2)cnn1CC(C)C. The van der Waals surface area contributed by atoms with E-state index < -0.39 is 0 Å². The molecule has 0 amide bonds. The van der Waals surface area contributed by atoms with E-state index in [2.05, 4.69) is 30.3 Å². The van der Waals surface area contributed by atoms with Crippen LogP contribution in [0.15, 0.2) is 30.5 Å². The van der Waals surface area contributed by atoms with Gasteiger partial charge in [0.15, 0.2) is 0 Å². The van der Waals surface area contributed by atoms with Crippen LogP contribution in [0.25, 0.3) is 0 Å². The number of methoxy groups -OCH3 is 1. The minimum absolute atomic E-state index is 0.499. The van der Waals surface area contributed by atoms with Crippen molar-refractivity contribution in [3.05, 3.63) is 41.6 Å². The van der Waals surface area contributed by atoms with Gasteiger partial charge in [-0.25, -0.2) is 4.68 Å². The Kier molecular flexibility index (Phi) is 4.83. The Bertz CT molecular complexity index is 640. The number of nitrogens with zero attached hydrogens (tertiary/aromatic N) is 3. The minimum atomic E-state index is 0.499. The first kappa shape index (κ1) is 14.9. The lowest BCUT2D eigenvalue weighted by Crippen LogP contribution is -2.08. The highest BCUT2D eigenvalue weighted by Crippen LogP contribution is 2.25. The highest BCUT2D eigenvalue weighted by Gasteiger charge is 2.12. The van der Waals surface area contributed by atoms with Crippen LogP contribution in [-0.2, 0) is 13.1 Å². The van der Waals surface area contributed by atoms with Gasteiger partial charge in [-0.3, -0.25) is 0 Å². The summed E-state index contributed by atoms with van der Waals surface area (Å²) in [6, 6.07) is 9.68. The van der Waals surface area contributed by atoms with E-state index in [4.69, 9.17) is 10.00 Å². The monoisotopic (exact) mass is 284 g/mol. The van der Waals surface area contributed by atoms with Crippen molar-refractivity contribution in [3.63, 3.8) is 0 Å². The molecule has 0 aliphatic carbocycles. The van der Waals surface area contributed by atoms with E-state index in [0.717, 1.165) is 23.7 Å². The molecule has 1 heterocycles. The highest BCUT2D eigenvalue weighted by molar-refractivity contribution is 5.52. The van der Waals surface area contributed by atoms with Gasteiger partial charge in [-0.1, -0.05) is 26.0 Å². The molecular formula is C16H20N4O. The highest BCUT2D eigenvalue weighted by atomic mass is 16.5. The lowest BCUT2D eigenvalue weighted by atomic mass is 10.1. The molecule has 0 fully saturated rings. The van der Waals surface area contributed by atoms with Crippen LogP contribution in [0.2, 0.25) is 0 Å². The fourth-order valence-corrected chi connectivity index (χ4v) is 2.13. The number of benzene rings is 1. The molecule has 0 spiro atoms. The standard InChI is InChI=1S/C16H20N4O/c1-12(2)11-20-16(21-3)15(10-19-20)18-9-14-6-4-5-13(7-14)8-17/h4-7,10,12,18H,9,11H2,1-3H3. The molecule has 5 nitrogen and oxygen atoms in total. The Balaban J connectivity index is 2.09. The summed E-state index contributed by atoms with van der Waals surface area (Å²) < 4.78 is 7.30. The van der Waals surface area contributed by atoms with E-state index in [1.165, 1.54) is 0 Å². The molecule has 2 rings (SSSR count). The van der Waals surface area contributed by atoms with E-state index >= 15 is 0 Å². The molecule has 1 aromatic carbocycles. The van der Waals surface area contributed by atoms with Crippen molar-refractivity contribution < 1.29 is 4.74 Å². The topological polar surface area (TPSA) is 62.9 Å². The maximum atomic E-state index is 8.91. The fourth-order valence-electron chi connectivity index (χ4n) is 2.13. The molecule has 1 N–H and O–H groups in total. The average Bonchev–Trinajstić information content (AvgIpc) is 2.86. The molecule has 5 heteroatoms. The molecule has 0 saturated carbocycles. The maximum Gasteiger partial charge on any atom is 0.235 e. The molecule has 21 heavy (non-hydrogen) atoms. The number of rotatable bonds is 6. The third-order valence-corrected chi connectivity index (χ3v) is 3.06. The number of nitrogens with one attached hydrogen (secondary N) is 1. The van der Waals surface area contributed by atoms with Crippen LogP contribution in [-0.4, -0.2) is 16.9 Å². The van der Waals surface area contributed by atoms with Gasteiger partial charge in [-0.15, -0.1) is 0 Å². The molecule has 0 saturated heterocycles. The second-order valence-electron chi connectivity index (χ2n) is 5.31. The Morgan fingerprint density at radius 1 is 1.43 bits per heavy atom. The summed E-state index contributed by atoms with van der Waals surface area (Å²) in [5.74, 6) is 1.24. The zero-order valence-corrected chi connectivity index (χ0v) is 12.6. The molecule has 0 radical (unpaired) electrons. The molecule has 110 valence electrons. The summed E-state index contributed by atoms with van der Waals surface area (Å²) in [6.45, 7) is 5.72. The Morgan fingerprint density at radius 3 is 2.90 bits per heavy atom. The molecule has 1 aromatic heterocycles. The van der Waals surface area contributed by atoms with E-state index in [0.29, 0.717) is 18.0 Å². The van der Waals surface area contributed by atoms with Crippen molar-refractivity contribution in [2.75, 3.05) is 12.4 Å². The van der Waals surface area contributed by atoms with E-state index in [-0.39, 0.29) is 0 Å². The summed E-state index contributed by atoms with van der Waals surface area (Å²) in [5.41, 5.74) is 2.57. The third-order valence-electron chi connectivity index (χ3n) is 3.06. The summed E-state index contributed by atoms with van der Waals surface area (Å²) >= 11 is 0. The predicted molar refractivity (Wildman–Crippen MR) is 82.1 cm³/mol. The second kappa shape index (κ2) is 6.80. The van der Waals surface area contributed by atoms with E-state index in [1.54, 1.807) is 19.4 Å². The van der Waals surface area contributed by atoms with Crippen LogP contribution < -0.4 is 10.1 Å². The van der Waals surface area contributed by atoms with Crippen LogP contribution in [0.4, 0.5) is 5.69 Å². The number of nitriles is 1. The maximum absolute atomic E-state index is 8.91. The van der Waals surface area contributed by atoms with Gasteiger partial charge in [0, 0.05) is 13.1 Å². The molecule has 0 atom stereocenters. The van der Waals surface area contributed by atoms with Gasteiger partial charge >= 0.3 is 0 Å². The first-order valence-electron chi connectivity index (χ1n) is 6.96.